The number of alkyl halides is 2. The van der Waals surface area contributed by atoms with Crippen LogP contribution in [0.25, 0.3) is 0 Å². The normalized spacial score (nSPS) is 11.5. The Morgan fingerprint density at radius 2 is 2.00 bits per heavy atom. The molecule has 0 saturated heterocycles. The minimum atomic E-state index is -2.22. The first-order valence-electron chi connectivity index (χ1n) is 4.34. The van der Waals surface area contributed by atoms with Gasteiger partial charge in [-0.25, -0.2) is 8.78 Å². The van der Waals surface area contributed by atoms with Gasteiger partial charge in [-0.05, 0) is 20.0 Å². The SMILES string of the molecule is CCCNCCN(C)CC(F)F. The summed E-state index contributed by atoms with van der Waals surface area (Å²) in [5.74, 6) is 0. The second-order valence-corrected chi connectivity index (χ2v) is 2.90. The van der Waals surface area contributed by atoms with Gasteiger partial charge in [0, 0.05) is 13.1 Å². The second kappa shape index (κ2) is 7.43. The maximum Gasteiger partial charge on any atom is 0.251 e. The summed E-state index contributed by atoms with van der Waals surface area (Å²) in [7, 11) is 1.71. The number of rotatable bonds is 7. The topological polar surface area (TPSA) is 15.3 Å². The van der Waals surface area contributed by atoms with Crippen molar-refractivity contribution < 1.29 is 8.78 Å². The lowest BCUT2D eigenvalue weighted by molar-refractivity contribution is 0.101. The van der Waals surface area contributed by atoms with Crippen LogP contribution in [-0.2, 0) is 0 Å². The molecule has 0 unspecified atom stereocenters. The molecule has 0 aliphatic carbocycles. The van der Waals surface area contributed by atoms with Crippen LogP contribution in [0.1, 0.15) is 13.3 Å². The van der Waals surface area contributed by atoms with Crippen LogP contribution >= 0.6 is 0 Å². The first-order chi connectivity index (χ1) is 5.66. The molecule has 0 aromatic heterocycles. The van der Waals surface area contributed by atoms with E-state index in [0.29, 0.717) is 6.54 Å². The van der Waals surface area contributed by atoms with Crippen molar-refractivity contribution in [2.75, 3.05) is 33.2 Å². The van der Waals surface area contributed by atoms with Gasteiger partial charge in [0.05, 0.1) is 6.54 Å². The number of hydrogen-bond donors (Lipinski definition) is 1. The summed E-state index contributed by atoms with van der Waals surface area (Å²) in [6, 6.07) is 0. The lowest BCUT2D eigenvalue weighted by Gasteiger charge is -2.15. The Bertz CT molecular complexity index is 99.1. The van der Waals surface area contributed by atoms with Gasteiger partial charge in [-0.15, -0.1) is 0 Å². The third-order valence-electron chi connectivity index (χ3n) is 1.55. The third-order valence-corrected chi connectivity index (χ3v) is 1.55. The smallest absolute Gasteiger partial charge is 0.251 e. The van der Waals surface area contributed by atoms with Crippen LogP contribution in [-0.4, -0.2) is 44.6 Å². The van der Waals surface area contributed by atoms with Gasteiger partial charge >= 0.3 is 0 Å². The Morgan fingerprint density at radius 3 is 2.50 bits per heavy atom. The van der Waals surface area contributed by atoms with E-state index in [0.717, 1.165) is 19.5 Å². The molecule has 0 fully saturated rings. The van der Waals surface area contributed by atoms with Gasteiger partial charge in [0.15, 0.2) is 0 Å². The fraction of sp³-hybridized carbons (Fsp3) is 1.00. The molecule has 0 aliphatic rings. The monoisotopic (exact) mass is 180 g/mol. The Labute approximate surface area is 72.9 Å². The lowest BCUT2D eigenvalue weighted by Crippen LogP contribution is -2.32. The minimum Gasteiger partial charge on any atom is -0.315 e. The van der Waals surface area contributed by atoms with Crippen molar-refractivity contribution in [1.82, 2.24) is 10.2 Å². The number of halogens is 2. The molecule has 1 N–H and O–H groups in total. The van der Waals surface area contributed by atoms with Crippen LogP contribution in [0.15, 0.2) is 0 Å². The average molecular weight is 180 g/mol. The molecule has 4 heteroatoms. The lowest BCUT2D eigenvalue weighted by atomic mass is 10.4. The molecule has 0 saturated carbocycles. The van der Waals surface area contributed by atoms with E-state index in [1.54, 1.807) is 11.9 Å². The Balaban J connectivity index is 3.14. The van der Waals surface area contributed by atoms with Gasteiger partial charge in [0.1, 0.15) is 0 Å². The van der Waals surface area contributed by atoms with Crippen LogP contribution < -0.4 is 5.32 Å². The zero-order valence-electron chi connectivity index (χ0n) is 7.82. The number of hydrogen-bond acceptors (Lipinski definition) is 2. The Hall–Kier alpha value is -0.220. The van der Waals surface area contributed by atoms with Crippen LogP contribution in [0.2, 0.25) is 0 Å². The van der Waals surface area contributed by atoms with Gasteiger partial charge in [-0.2, -0.15) is 0 Å². The maximum absolute atomic E-state index is 11.8. The van der Waals surface area contributed by atoms with E-state index in [4.69, 9.17) is 0 Å². The van der Waals surface area contributed by atoms with E-state index in [9.17, 15) is 8.78 Å². The molecule has 0 amide bonds. The predicted molar refractivity (Wildman–Crippen MR) is 46.7 cm³/mol. The van der Waals surface area contributed by atoms with Crippen molar-refractivity contribution in [3.05, 3.63) is 0 Å². The van der Waals surface area contributed by atoms with Gasteiger partial charge in [0.25, 0.3) is 6.43 Å². The van der Waals surface area contributed by atoms with Gasteiger partial charge in [-0.3, -0.25) is 4.90 Å². The number of likely N-dealkylation sites (N-methyl/N-ethyl adjacent to an activating group) is 1. The highest BCUT2D eigenvalue weighted by Crippen LogP contribution is 1.93. The Kier molecular flexibility index (Phi) is 7.29. The second-order valence-electron chi connectivity index (χ2n) is 2.90. The molecular formula is C8H18F2N2. The van der Waals surface area contributed by atoms with Crippen molar-refractivity contribution >= 4 is 0 Å². The van der Waals surface area contributed by atoms with E-state index in [-0.39, 0.29) is 6.54 Å². The molecule has 0 spiro atoms. The summed E-state index contributed by atoms with van der Waals surface area (Å²) in [5, 5.41) is 3.15. The molecule has 2 nitrogen and oxygen atoms in total. The van der Waals surface area contributed by atoms with Crippen molar-refractivity contribution in [2.24, 2.45) is 0 Å². The van der Waals surface area contributed by atoms with Crippen LogP contribution in [0.5, 0.6) is 0 Å². The quantitative estimate of drug-likeness (QED) is 0.592. The van der Waals surface area contributed by atoms with E-state index in [1.165, 1.54) is 0 Å². The molecule has 0 heterocycles. The highest BCUT2D eigenvalue weighted by atomic mass is 19.3. The Morgan fingerprint density at radius 1 is 1.33 bits per heavy atom. The average Bonchev–Trinajstić information content (AvgIpc) is 1.97. The molecular weight excluding hydrogens is 162 g/mol. The van der Waals surface area contributed by atoms with Crippen molar-refractivity contribution in [2.45, 2.75) is 19.8 Å². The number of nitrogens with one attached hydrogen (secondary N) is 1. The standard InChI is InChI=1S/C8H18F2N2/c1-3-4-11-5-6-12(2)7-8(9)10/h8,11H,3-7H2,1-2H3. The molecule has 12 heavy (non-hydrogen) atoms. The first kappa shape index (κ1) is 11.8. The highest BCUT2D eigenvalue weighted by Gasteiger charge is 2.05. The highest BCUT2D eigenvalue weighted by molar-refractivity contribution is 4.55. The molecule has 0 bridgehead atoms. The fourth-order valence-electron chi connectivity index (χ4n) is 0.899. The van der Waals surface area contributed by atoms with Gasteiger partial charge in [0.2, 0.25) is 0 Å². The van der Waals surface area contributed by atoms with Gasteiger partial charge < -0.3 is 5.32 Å². The largest absolute Gasteiger partial charge is 0.315 e. The van der Waals surface area contributed by atoms with E-state index in [2.05, 4.69) is 12.2 Å². The summed E-state index contributed by atoms with van der Waals surface area (Å²) >= 11 is 0. The molecule has 0 aromatic carbocycles. The van der Waals surface area contributed by atoms with E-state index in [1.807, 2.05) is 0 Å². The van der Waals surface area contributed by atoms with Crippen LogP contribution in [0.3, 0.4) is 0 Å². The van der Waals surface area contributed by atoms with Crippen molar-refractivity contribution in [1.29, 1.82) is 0 Å². The molecule has 74 valence electrons. The maximum atomic E-state index is 11.8. The zero-order chi connectivity index (χ0) is 9.40. The van der Waals surface area contributed by atoms with E-state index < -0.39 is 6.43 Å². The summed E-state index contributed by atoms with van der Waals surface area (Å²) in [6.45, 7) is 4.38. The van der Waals surface area contributed by atoms with E-state index >= 15 is 0 Å². The van der Waals surface area contributed by atoms with Crippen LogP contribution in [0.4, 0.5) is 8.78 Å². The van der Waals surface area contributed by atoms with Crippen LogP contribution in [0, 0.1) is 0 Å². The molecule has 0 rings (SSSR count). The molecule has 0 atom stereocenters. The molecule has 0 radical (unpaired) electrons. The summed E-state index contributed by atoms with van der Waals surface area (Å²) in [4.78, 5) is 1.63. The summed E-state index contributed by atoms with van der Waals surface area (Å²) < 4.78 is 23.6. The number of nitrogens with zero attached hydrogens (tertiary/aromatic N) is 1. The first-order valence-corrected chi connectivity index (χ1v) is 4.34. The zero-order valence-corrected chi connectivity index (χ0v) is 7.82. The fourth-order valence-corrected chi connectivity index (χ4v) is 0.899. The third kappa shape index (κ3) is 7.88. The predicted octanol–water partition coefficient (Wildman–Crippen LogP) is 1.18. The van der Waals surface area contributed by atoms with Gasteiger partial charge in [-0.1, -0.05) is 6.92 Å². The van der Waals surface area contributed by atoms with Crippen molar-refractivity contribution in [3.8, 4) is 0 Å². The molecule has 0 aliphatic heterocycles. The molecule has 0 aromatic rings. The minimum absolute atomic E-state index is 0.131. The summed E-state index contributed by atoms with van der Waals surface area (Å²) in [5.41, 5.74) is 0. The van der Waals surface area contributed by atoms with Crippen molar-refractivity contribution in [3.63, 3.8) is 0 Å². The summed E-state index contributed by atoms with van der Waals surface area (Å²) in [6.07, 6.45) is -1.14.